The molecule has 1 heterocycles. The van der Waals surface area contributed by atoms with E-state index in [4.69, 9.17) is 11.6 Å². The lowest BCUT2D eigenvalue weighted by Gasteiger charge is -2.00. The van der Waals surface area contributed by atoms with Crippen molar-refractivity contribution < 1.29 is 13.9 Å². The van der Waals surface area contributed by atoms with E-state index >= 15 is 0 Å². The molecule has 0 bridgehead atoms. The Bertz CT molecular complexity index is 570. The van der Waals surface area contributed by atoms with Crippen LogP contribution in [0.5, 0.6) is 0 Å². The van der Waals surface area contributed by atoms with Crippen molar-refractivity contribution in [2.24, 2.45) is 0 Å². The highest BCUT2D eigenvalue weighted by Crippen LogP contribution is 2.17. The molecule has 0 unspecified atom stereocenters. The number of aromatic nitrogens is 3. The minimum atomic E-state index is -0.606. The number of methoxy groups -OCH3 is 1. The second kappa shape index (κ2) is 4.50. The molecule has 0 fully saturated rings. The van der Waals surface area contributed by atoms with Gasteiger partial charge < -0.3 is 4.74 Å². The highest BCUT2D eigenvalue weighted by Gasteiger charge is 2.12. The molecule has 0 saturated heterocycles. The average Bonchev–Trinajstić information content (AvgIpc) is 2.81. The van der Waals surface area contributed by atoms with Gasteiger partial charge in [-0.15, -0.1) is 5.10 Å². The number of nitrogens with zero attached hydrogens (tertiary/aromatic N) is 3. The molecule has 0 saturated carbocycles. The average molecular weight is 256 g/mol. The Morgan fingerprint density at radius 3 is 2.94 bits per heavy atom. The highest BCUT2D eigenvalue weighted by atomic mass is 35.5. The fraction of sp³-hybridized carbons (Fsp3) is 0.100. The molecule has 17 heavy (non-hydrogen) atoms. The maximum absolute atomic E-state index is 13.2. The number of hydrogen-bond donors (Lipinski definition) is 0. The molecule has 0 N–H and O–H groups in total. The lowest BCUT2D eigenvalue weighted by molar-refractivity contribution is 0.0594. The van der Waals surface area contributed by atoms with Crippen LogP contribution in [0.4, 0.5) is 4.39 Å². The number of esters is 1. The molecule has 0 amide bonds. The van der Waals surface area contributed by atoms with Crippen LogP contribution in [0.2, 0.25) is 5.02 Å². The zero-order valence-electron chi connectivity index (χ0n) is 8.72. The largest absolute Gasteiger partial charge is 0.464 e. The molecule has 5 nitrogen and oxygen atoms in total. The Hall–Kier alpha value is -1.95. The maximum atomic E-state index is 13.2. The van der Waals surface area contributed by atoms with Crippen molar-refractivity contribution >= 4 is 17.6 Å². The van der Waals surface area contributed by atoms with Gasteiger partial charge in [0.1, 0.15) is 5.82 Å². The van der Waals surface area contributed by atoms with Gasteiger partial charge in [-0.2, -0.15) is 0 Å². The van der Waals surface area contributed by atoms with Crippen molar-refractivity contribution in [3.05, 3.63) is 40.9 Å². The maximum Gasteiger partial charge on any atom is 0.360 e. The monoisotopic (exact) mass is 255 g/mol. The van der Waals surface area contributed by atoms with Crippen molar-refractivity contribution in [1.29, 1.82) is 0 Å². The molecule has 0 spiro atoms. The minimum Gasteiger partial charge on any atom is -0.464 e. The Morgan fingerprint density at radius 1 is 1.53 bits per heavy atom. The van der Waals surface area contributed by atoms with Crippen molar-refractivity contribution in [2.45, 2.75) is 0 Å². The van der Waals surface area contributed by atoms with Crippen LogP contribution >= 0.6 is 11.6 Å². The topological polar surface area (TPSA) is 57.0 Å². The molecule has 2 rings (SSSR count). The lowest BCUT2D eigenvalue weighted by Crippen LogP contribution is -2.01. The summed E-state index contributed by atoms with van der Waals surface area (Å²) in [6, 6.07) is 4.14. The fourth-order valence-electron chi connectivity index (χ4n) is 1.22. The van der Waals surface area contributed by atoms with Crippen molar-refractivity contribution in [3.63, 3.8) is 0 Å². The Balaban J connectivity index is 2.37. The van der Waals surface area contributed by atoms with E-state index < -0.39 is 11.8 Å². The summed E-state index contributed by atoms with van der Waals surface area (Å²) in [5.74, 6) is -1.18. The SMILES string of the molecule is COC(=O)c1cn(-c2ccc(Cl)c(F)c2)nn1. The standard InChI is InChI=1S/C10H7ClFN3O2/c1-17-10(16)9-5-15(14-13-9)6-2-3-7(11)8(12)4-6/h2-5H,1H3. The molecule has 0 aliphatic rings. The summed E-state index contributed by atoms with van der Waals surface area (Å²) in [4.78, 5) is 11.1. The Kier molecular flexibility index (Phi) is 3.06. The van der Waals surface area contributed by atoms with Gasteiger partial charge in [0, 0.05) is 6.07 Å². The van der Waals surface area contributed by atoms with E-state index in [0.29, 0.717) is 5.69 Å². The van der Waals surface area contributed by atoms with Gasteiger partial charge in [-0.05, 0) is 12.1 Å². The van der Waals surface area contributed by atoms with E-state index in [-0.39, 0.29) is 10.7 Å². The van der Waals surface area contributed by atoms with E-state index in [9.17, 15) is 9.18 Å². The third-order valence-electron chi connectivity index (χ3n) is 2.06. The third-order valence-corrected chi connectivity index (χ3v) is 2.36. The molecular weight excluding hydrogens is 249 g/mol. The number of halogens is 2. The summed E-state index contributed by atoms with van der Waals surface area (Å²) >= 11 is 5.55. The number of benzene rings is 1. The number of rotatable bonds is 2. The van der Waals surface area contributed by atoms with Crippen LogP contribution in [0.3, 0.4) is 0 Å². The van der Waals surface area contributed by atoms with E-state index in [1.54, 1.807) is 6.07 Å². The first-order valence-electron chi connectivity index (χ1n) is 4.58. The summed E-state index contributed by atoms with van der Waals surface area (Å²) in [6.07, 6.45) is 1.34. The quantitative estimate of drug-likeness (QED) is 0.769. The molecule has 1 aromatic heterocycles. The molecular formula is C10H7ClFN3O2. The predicted molar refractivity (Wildman–Crippen MR) is 57.7 cm³/mol. The number of hydrogen-bond acceptors (Lipinski definition) is 4. The minimum absolute atomic E-state index is 0.0158. The van der Waals surface area contributed by atoms with Gasteiger partial charge in [0.05, 0.1) is 24.0 Å². The summed E-state index contributed by atoms with van der Waals surface area (Å²) in [5, 5.41) is 7.30. The van der Waals surface area contributed by atoms with Crippen LogP contribution in [-0.2, 0) is 4.74 Å². The van der Waals surface area contributed by atoms with Crippen LogP contribution in [0.25, 0.3) is 5.69 Å². The molecule has 0 atom stereocenters. The molecule has 88 valence electrons. The molecule has 1 aromatic carbocycles. The highest BCUT2D eigenvalue weighted by molar-refractivity contribution is 6.30. The van der Waals surface area contributed by atoms with Gasteiger partial charge in [-0.1, -0.05) is 16.8 Å². The summed E-state index contributed by atoms with van der Waals surface area (Å²) < 4.78 is 18.9. The molecule has 7 heteroatoms. The van der Waals surface area contributed by atoms with Crippen LogP contribution in [-0.4, -0.2) is 28.1 Å². The summed E-state index contributed by atoms with van der Waals surface area (Å²) in [6.45, 7) is 0. The normalized spacial score (nSPS) is 10.3. The smallest absolute Gasteiger partial charge is 0.360 e. The van der Waals surface area contributed by atoms with Crippen LogP contribution < -0.4 is 0 Å². The van der Waals surface area contributed by atoms with Gasteiger partial charge >= 0.3 is 5.97 Å². The Morgan fingerprint density at radius 2 is 2.29 bits per heavy atom. The third kappa shape index (κ3) is 2.26. The van der Waals surface area contributed by atoms with Crippen LogP contribution in [0.15, 0.2) is 24.4 Å². The van der Waals surface area contributed by atoms with Gasteiger partial charge in [0.25, 0.3) is 0 Å². The lowest BCUT2D eigenvalue weighted by atomic mass is 10.3. The fourth-order valence-corrected chi connectivity index (χ4v) is 1.33. The second-order valence-electron chi connectivity index (χ2n) is 3.14. The van der Waals surface area contributed by atoms with Gasteiger partial charge in [-0.25, -0.2) is 13.9 Å². The Labute approximate surface area is 101 Å². The van der Waals surface area contributed by atoms with Crippen molar-refractivity contribution in [2.75, 3.05) is 7.11 Å². The molecule has 2 aromatic rings. The van der Waals surface area contributed by atoms with Crippen LogP contribution in [0, 0.1) is 5.82 Å². The van der Waals surface area contributed by atoms with Gasteiger partial charge in [0.15, 0.2) is 5.69 Å². The summed E-state index contributed by atoms with van der Waals surface area (Å²) in [7, 11) is 1.24. The number of ether oxygens (including phenoxy) is 1. The number of carbonyl (C=O) groups is 1. The van der Waals surface area contributed by atoms with E-state index in [0.717, 1.165) is 0 Å². The molecule has 0 aliphatic carbocycles. The summed E-state index contributed by atoms with van der Waals surface area (Å²) in [5.41, 5.74) is 0.456. The van der Waals surface area contributed by atoms with Crippen molar-refractivity contribution in [3.8, 4) is 5.69 Å². The van der Waals surface area contributed by atoms with E-state index in [2.05, 4.69) is 15.0 Å². The zero-order chi connectivity index (χ0) is 12.4. The van der Waals surface area contributed by atoms with E-state index in [1.807, 2.05) is 0 Å². The van der Waals surface area contributed by atoms with Crippen LogP contribution in [0.1, 0.15) is 10.5 Å². The molecule has 0 aliphatic heterocycles. The first-order chi connectivity index (χ1) is 8.11. The zero-order valence-corrected chi connectivity index (χ0v) is 9.48. The first kappa shape index (κ1) is 11.5. The predicted octanol–water partition coefficient (Wildman–Crippen LogP) is 1.85. The van der Waals surface area contributed by atoms with E-state index in [1.165, 1.54) is 30.1 Å². The van der Waals surface area contributed by atoms with Crippen molar-refractivity contribution in [1.82, 2.24) is 15.0 Å². The number of carbonyl (C=O) groups excluding carboxylic acids is 1. The molecule has 0 radical (unpaired) electrons. The van der Waals surface area contributed by atoms with Gasteiger partial charge in [0.2, 0.25) is 0 Å². The first-order valence-corrected chi connectivity index (χ1v) is 4.95. The van der Waals surface area contributed by atoms with Gasteiger partial charge in [-0.3, -0.25) is 0 Å². The second-order valence-corrected chi connectivity index (χ2v) is 3.55.